The second-order valence-electron chi connectivity index (χ2n) is 2.14. The molecule has 0 saturated heterocycles. The van der Waals surface area contributed by atoms with Crippen LogP contribution in [0.2, 0.25) is 0 Å². The molecule has 0 N–H and O–H groups in total. The van der Waals surface area contributed by atoms with Gasteiger partial charge in [0.15, 0.2) is 5.03 Å². The Morgan fingerprint density at radius 3 is 0.944 bits per heavy atom. The molecule has 0 aliphatic heterocycles. The van der Waals surface area contributed by atoms with E-state index in [-0.39, 0.29) is 0 Å². The summed E-state index contributed by atoms with van der Waals surface area (Å²) in [6, 6.07) is 0. The Balaban J connectivity index is 0. The van der Waals surface area contributed by atoms with Gasteiger partial charge in [-0.25, -0.2) is 0 Å². The van der Waals surface area contributed by atoms with E-state index in [0.717, 1.165) is 0 Å². The van der Waals surface area contributed by atoms with Gasteiger partial charge in [0, 0.05) is 0 Å². The van der Waals surface area contributed by atoms with Crippen LogP contribution in [-0.2, 0) is 0 Å². The van der Waals surface area contributed by atoms with Crippen LogP contribution in [0.1, 0.15) is 0 Å². The van der Waals surface area contributed by atoms with E-state index in [4.69, 9.17) is 0 Å². The van der Waals surface area contributed by atoms with Crippen molar-refractivity contribution in [2.45, 2.75) is 12.4 Å². The molecule has 0 aromatic heterocycles. The molecule has 0 bridgehead atoms. The third-order valence-corrected chi connectivity index (χ3v) is 1.19. The second-order valence-corrected chi connectivity index (χ2v) is 2.52. The number of allylic oxidation sites excluding steroid dienone is 2. The van der Waals surface area contributed by atoms with Gasteiger partial charge in [-0.05, 0) is 0 Å². The molecule has 0 aliphatic carbocycles. The molecule has 0 fully saturated rings. The molecule has 0 spiro atoms. The lowest BCUT2D eigenvalue weighted by Crippen LogP contribution is -2.08. The Labute approximate surface area is 96.3 Å². The summed E-state index contributed by atoms with van der Waals surface area (Å²) in [5, 5.41) is -2.36. The number of halogens is 12. The van der Waals surface area contributed by atoms with Crippen molar-refractivity contribution in [2.24, 2.45) is 0 Å². The van der Waals surface area contributed by atoms with Crippen molar-refractivity contribution in [3.8, 4) is 0 Å². The maximum atomic E-state index is 11.0. The number of alkyl halides is 6. The van der Waals surface area contributed by atoms with Gasteiger partial charge in [-0.1, -0.05) is 11.6 Å². The molecule has 0 atom stereocenters. The smallest absolute Gasteiger partial charge is 0.196 e. The monoisotopic (exact) mass is 316 g/mol. The summed E-state index contributed by atoms with van der Waals surface area (Å²) >= 11 is 4.10. The predicted octanol–water partition coefficient (Wildman–Crippen LogP) is 5.52. The summed E-state index contributed by atoms with van der Waals surface area (Å²) in [5.41, 5.74) is 0. The molecule has 12 heteroatoms. The quantitative estimate of drug-likeness (QED) is 0.516. The van der Waals surface area contributed by atoms with Gasteiger partial charge in [-0.3, -0.25) is 0 Å². The second kappa shape index (κ2) is 6.81. The molecule has 108 valence electrons. The van der Waals surface area contributed by atoms with E-state index in [1.165, 1.54) is 0 Å². The minimum Gasteiger partial charge on any atom is -0.196 e. The summed E-state index contributed by atoms with van der Waals surface area (Å²) < 4.78 is 120. The Kier molecular flexibility index (Phi) is 7.31. The fourth-order valence-electron chi connectivity index (χ4n) is 0.214. The predicted molar refractivity (Wildman–Crippen MR) is 37.6 cm³/mol. The van der Waals surface area contributed by atoms with Gasteiger partial charge in [0.05, 0.1) is 0 Å². The van der Waals surface area contributed by atoms with Crippen molar-refractivity contribution >= 4 is 11.6 Å². The summed E-state index contributed by atoms with van der Waals surface area (Å²) in [6.07, 6.45) is -16.9. The molecule has 0 unspecified atom stereocenters. The van der Waals surface area contributed by atoms with Crippen LogP contribution in [0.5, 0.6) is 0 Å². The van der Waals surface area contributed by atoms with Crippen LogP contribution in [-0.4, -0.2) is 12.4 Å². The summed E-state index contributed by atoms with van der Waals surface area (Å²) in [7, 11) is 0. The van der Waals surface area contributed by atoms with Gasteiger partial charge in [0.2, 0.25) is 0 Å². The highest BCUT2D eigenvalue weighted by Crippen LogP contribution is 2.32. The first-order valence-corrected chi connectivity index (χ1v) is 3.65. The molecule has 0 saturated carbocycles. The molecule has 0 rings (SSSR count). The van der Waals surface area contributed by atoms with Crippen molar-refractivity contribution in [3.63, 3.8) is 0 Å². The highest BCUT2D eigenvalue weighted by Gasteiger charge is 2.38. The molecular weight excluding hydrogens is 316 g/mol. The van der Waals surface area contributed by atoms with Crippen LogP contribution in [0.4, 0.5) is 48.3 Å². The van der Waals surface area contributed by atoms with Crippen LogP contribution in [0.3, 0.4) is 0 Å². The number of hydrogen-bond donors (Lipinski definition) is 0. The zero-order valence-corrected chi connectivity index (χ0v) is 8.29. The Morgan fingerprint density at radius 2 is 0.944 bits per heavy atom. The average Bonchev–Trinajstić information content (AvgIpc) is 2.13. The molecule has 0 radical (unpaired) electrons. The van der Waals surface area contributed by atoms with Crippen LogP contribution in [0.25, 0.3) is 0 Å². The van der Waals surface area contributed by atoms with Crippen LogP contribution < -0.4 is 0 Å². The third kappa shape index (κ3) is 8.14. The summed E-state index contributed by atoms with van der Waals surface area (Å²) in [5.74, 6) is -3.33. The van der Waals surface area contributed by atoms with Crippen molar-refractivity contribution in [1.82, 2.24) is 0 Å². The molecular formula is C6ClF11. The van der Waals surface area contributed by atoms with E-state index in [1.54, 1.807) is 0 Å². The number of rotatable bonds is 0. The van der Waals surface area contributed by atoms with E-state index in [9.17, 15) is 48.3 Å². The summed E-state index contributed by atoms with van der Waals surface area (Å²) in [6.45, 7) is 0. The highest BCUT2D eigenvalue weighted by atomic mass is 35.5. The van der Waals surface area contributed by atoms with Crippen molar-refractivity contribution in [1.29, 1.82) is 0 Å². The van der Waals surface area contributed by atoms with Gasteiger partial charge in [0.1, 0.15) is 0 Å². The van der Waals surface area contributed by atoms with Crippen molar-refractivity contribution in [2.75, 3.05) is 0 Å². The van der Waals surface area contributed by atoms with Gasteiger partial charge in [-0.2, -0.15) is 48.3 Å². The first-order chi connectivity index (χ1) is 7.71. The summed E-state index contributed by atoms with van der Waals surface area (Å²) in [4.78, 5) is 0. The minimum absolute atomic E-state index is 2.36. The topological polar surface area (TPSA) is 0 Å². The van der Waals surface area contributed by atoms with Crippen molar-refractivity contribution in [3.05, 3.63) is 23.0 Å². The third-order valence-electron chi connectivity index (χ3n) is 0.830. The zero-order chi connectivity index (χ0) is 15.3. The molecule has 0 aliphatic rings. The highest BCUT2D eigenvalue weighted by molar-refractivity contribution is 6.30. The zero-order valence-electron chi connectivity index (χ0n) is 7.54. The van der Waals surface area contributed by atoms with E-state index in [1.807, 2.05) is 0 Å². The standard InChI is InChI=1S/C3ClF5.C3F6/c2*4-1(2(5)6)3(7,8)9. The Hall–Kier alpha value is -1.00. The molecule has 0 amide bonds. The first-order valence-electron chi connectivity index (χ1n) is 3.27. The largest absolute Gasteiger partial charge is 0.448 e. The normalized spacial score (nSPS) is 11.3. The maximum absolute atomic E-state index is 11.0. The Bertz CT molecular complexity index is 290. The van der Waals surface area contributed by atoms with Crippen LogP contribution >= 0.6 is 11.6 Å². The van der Waals surface area contributed by atoms with E-state index >= 15 is 0 Å². The maximum Gasteiger partial charge on any atom is 0.448 e. The van der Waals surface area contributed by atoms with Gasteiger partial charge < -0.3 is 0 Å². The molecule has 0 aromatic rings. The van der Waals surface area contributed by atoms with E-state index < -0.39 is 35.4 Å². The molecule has 0 nitrogen and oxygen atoms in total. The SMILES string of the molecule is FC(F)=C(Cl)C(F)(F)F.FC(F)=C(F)C(F)(F)F. The van der Waals surface area contributed by atoms with Gasteiger partial charge in [0.25, 0.3) is 11.9 Å². The lowest BCUT2D eigenvalue weighted by atomic mass is 10.6. The van der Waals surface area contributed by atoms with Gasteiger partial charge in [-0.15, -0.1) is 0 Å². The number of hydrogen-bond acceptors (Lipinski definition) is 0. The van der Waals surface area contributed by atoms with Crippen LogP contribution in [0.15, 0.2) is 23.0 Å². The average molecular weight is 316 g/mol. The van der Waals surface area contributed by atoms with Crippen molar-refractivity contribution < 1.29 is 48.3 Å². The van der Waals surface area contributed by atoms with E-state index in [0.29, 0.717) is 0 Å². The lowest BCUT2D eigenvalue weighted by molar-refractivity contribution is -0.113. The molecule has 0 aromatic carbocycles. The first kappa shape index (κ1) is 19.3. The van der Waals surface area contributed by atoms with Crippen LogP contribution in [0, 0.1) is 0 Å². The van der Waals surface area contributed by atoms with Gasteiger partial charge >= 0.3 is 18.4 Å². The van der Waals surface area contributed by atoms with E-state index in [2.05, 4.69) is 11.6 Å². The lowest BCUT2D eigenvalue weighted by Gasteiger charge is -2.00. The Morgan fingerprint density at radius 1 is 0.611 bits per heavy atom. The fourth-order valence-corrected chi connectivity index (χ4v) is 0.214. The molecule has 18 heavy (non-hydrogen) atoms. The fraction of sp³-hybridized carbons (Fsp3) is 0.333. The minimum atomic E-state index is -5.56. The molecule has 0 heterocycles.